The average molecular weight is 413 g/mol. The van der Waals surface area contributed by atoms with Gasteiger partial charge >= 0.3 is 0 Å². The average Bonchev–Trinajstić information content (AvgIpc) is 2.64. The summed E-state index contributed by atoms with van der Waals surface area (Å²) in [5.74, 6) is 0.446. The predicted molar refractivity (Wildman–Crippen MR) is 103 cm³/mol. The molecule has 3 unspecified atom stereocenters. The van der Waals surface area contributed by atoms with Crippen LogP contribution in [0.5, 0.6) is 11.5 Å². The predicted octanol–water partition coefficient (Wildman–Crippen LogP) is 1.40. The third-order valence-corrected chi connectivity index (χ3v) is 6.21. The van der Waals surface area contributed by atoms with Gasteiger partial charge in [-0.05, 0) is 31.9 Å². The topological polar surface area (TPSA) is 94.2 Å². The van der Waals surface area contributed by atoms with Gasteiger partial charge in [0, 0.05) is 19.2 Å². The van der Waals surface area contributed by atoms with Crippen molar-refractivity contribution in [1.29, 1.82) is 0 Å². The van der Waals surface area contributed by atoms with Gasteiger partial charge in [-0.1, -0.05) is 13.8 Å². The van der Waals surface area contributed by atoms with Gasteiger partial charge in [0.15, 0.2) is 11.5 Å². The van der Waals surface area contributed by atoms with Crippen LogP contribution in [0.25, 0.3) is 0 Å². The van der Waals surface area contributed by atoms with Gasteiger partial charge in [-0.3, -0.25) is 4.79 Å². The summed E-state index contributed by atoms with van der Waals surface area (Å²) in [4.78, 5) is 14.8. The maximum atomic E-state index is 13.1. The standard InChI is InChI=1S/C19H28N2O6S/c1-12(2)18(19(22)21-10-13(3)27-14(4)11-21)20-28(23,24)15-5-6-16-17(9-15)26-8-7-25-16/h5-6,9,12-14,18,20H,7-8,10-11H2,1-4H3. The first kappa shape index (κ1) is 20.9. The molecule has 1 amide bonds. The maximum absolute atomic E-state index is 13.1. The monoisotopic (exact) mass is 412 g/mol. The molecule has 1 fully saturated rings. The summed E-state index contributed by atoms with van der Waals surface area (Å²) in [6, 6.07) is 3.59. The molecular formula is C19H28N2O6S. The van der Waals surface area contributed by atoms with Crippen molar-refractivity contribution in [1.82, 2.24) is 9.62 Å². The first-order valence-electron chi connectivity index (χ1n) is 9.53. The summed E-state index contributed by atoms with van der Waals surface area (Å²) in [5.41, 5.74) is 0. The number of carbonyl (C=O) groups excluding carboxylic acids is 1. The van der Waals surface area contributed by atoms with Crippen molar-refractivity contribution in [2.24, 2.45) is 5.92 Å². The Hall–Kier alpha value is -1.84. The molecule has 1 aromatic carbocycles. The van der Waals surface area contributed by atoms with Crippen LogP contribution in [0.15, 0.2) is 23.1 Å². The fourth-order valence-corrected chi connectivity index (χ4v) is 4.80. The SMILES string of the molecule is CC1CN(C(=O)C(NS(=O)(=O)c2ccc3c(c2)OCCO3)C(C)C)CC(C)O1. The van der Waals surface area contributed by atoms with E-state index < -0.39 is 16.1 Å². The number of nitrogens with one attached hydrogen (secondary N) is 1. The molecule has 0 bridgehead atoms. The second-order valence-corrected chi connectivity index (χ2v) is 9.36. The molecule has 0 aliphatic carbocycles. The van der Waals surface area contributed by atoms with Crippen molar-refractivity contribution in [3.8, 4) is 11.5 Å². The van der Waals surface area contributed by atoms with E-state index in [9.17, 15) is 13.2 Å². The van der Waals surface area contributed by atoms with Crippen molar-refractivity contribution in [2.75, 3.05) is 26.3 Å². The number of sulfonamides is 1. The van der Waals surface area contributed by atoms with Crippen LogP contribution in [-0.4, -0.2) is 63.8 Å². The Morgan fingerprint density at radius 1 is 1.11 bits per heavy atom. The van der Waals surface area contributed by atoms with Crippen molar-refractivity contribution in [3.05, 3.63) is 18.2 Å². The highest BCUT2D eigenvalue weighted by molar-refractivity contribution is 7.89. The van der Waals surface area contributed by atoms with E-state index in [0.29, 0.717) is 37.8 Å². The lowest BCUT2D eigenvalue weighted by Crippen LogP contribution is -2.56. The number of fused-ring (bicyclic) bond motifs is 1. The molecule has 0 aromatic heterocycles. The van der Waals surface area contributed by atoms with Gasteiger partial charge < -0.3 is 19.1 Å². The number of carbonyl (C=O) groups is 1. The summed E-state index contributed by atoms with van der Waals surface area (Å²) >= 11 is 0. The Morgan fingerprint density at radius 2 is 1.71 bits per heavy atom. The maximum Gasteiger partial charge on any atom is 0.241 e. The van der Waals surface area contributed by atoms with Gasteiger partial charge in [0.25, 0.3) is 0 Å². The number of nitrogens with zero attached hydrogens (tertiary/aromatic N) is 1. The Kier molecular flexibility index (Phi) is 6.16. The van der Waals surface area contributed by atoms with Crippen molar-refractivity contribution < 1.29 is 27.4 Å². The number of hydrogen-bond acceptors (Lipinski definition) is 6. The molecule has 0 radical (unpaired) electrons. The zero-order chi connectivity index (χ0) is 20.5. The molecule has 2 aliphatic rings. The van der Waals surface area contributed by atoms with Gasteiger partial charge in [0.05, 0.1) is 17.1 Å². The Balaban J connectivity index is 1.80. The van der Waals surface area contributed by atoms with Gasteiger partial charge in [0.1, 0.15) is 19.3 Å². The minimum atomic E-state index is -3.91. The summed E-state index contributed by atoms with van der Waals surface area (Å²) in [5, 5.41) is 0. The molecule has 1 N–H and O–H groups in total. The van der Waals surface area contributed by atoms with Crippen LogP contribution in [0.1, 0.15) is 27.7 Å². The summed E-state index contributed by atoms with van der Waals surface area (Å²) < 4.78 is 45.1. The summed E-state index contributed by atoms with van der Waals surface area (Å²) in [6.45, 7) is 9.13. The number of ether oxygens (including phenoxy) is 3. The third kappa shape index (κ3) is 4.59. The molecule has 8 nitrogen and oxygen atoms in total. The Morgan fingerprint density at radius 3 is 2.32 bits per heavy atom. The Bertz CT molecular complexity index is 816. The van der Waals surface area contributed by atoms with E-state index >= 15 is 0 Å². The van der Waals surface area contributed by atoms with Crippen LogP contribution in [-0.2, 0) is 19.6 Å². The van der Waals surface area contributed by atoms with Crippen LogP contribution in [0.4, 0.5) is 0 Å². The van der Waals surface area contributed by atoms with E-state index in [2.05, 4.69) is 4.72 Å². The first-order chi connectivity index (χ1) is 13.2. The molecule has 156 valence electrons. The van der Waals surface area contributed by atoms with Crippen LogP contribution < -0.4 is 14.2 Å². The fraction of sp³-hybridized carbons (Fsp3) is 0.632. The van der Waals surface area contributed by atoms with E-state index in [-0.39, 0.29) is 28.9 Å². The lowest BCUT2D eigenvalue weighted by Gasteiger charge is -2.38. The number of hydrogen-bond donors (Lipinski definition) is 1. The van der Waals surface area contributed by atoms with E-state index in [0.717, 1.165) is 0 Å². The quantitative estimate of drug-likeness (QED) is 0.786. The van der Waals surface area contributed by atoms with Crippen molar-refractivity contribution >= 4 is 15.9 Å². The summed E-state index contributed by atoms with van der Waals surface area (Å²) in [7, 11) is -3.91. The fourth-order valence-electron chi connectivity index (χ4n) is 3.45. The largest absolute Gasteiger partial charge is 0.486 e. The highest BCUT2D eigenvalue weighted by Gasteiger charge is 2.35. The molecular weight excluding hydrogens is 384 g/mol. The zero-order valence-corrected chi connectivity index (χ0v) is 17.5. The van der Waals surface area contributed by atoms with Gasteiger partial charge in [-0.15, -0.1) is 0 Å². The van der Waals surface area contributed by atoms with Crippen molar-refractivity contribution in [2.45, 2.75) is 50.8 Å². The number of benzene rings is 1. The molecule has 28 heavy (non-hydrogen) atoms. The normalized spacial score (nSPS) is 23.5. The number of rotatable bonds is 5. The van der Waals surface area contributed by atoms with Crippen molar-refractivity contribution in [3.63, 3.8) is 0 Å². The molecule has 0 spiro atoms. The zero-order valence-electron chi connectivity index (χ0n) is 16.7. The lowest BCUT2D eigenvalue weighted by atomic mass is 10.0. The molecule has 1 aromatic rings. The first-order valence-corrected chi connectivity index (χ1v) is 11.0. The lowest BCUT2D eigenvalue weighted by molar-refractivity contribution is -0.145. The minimum absolute atomic E-state index is 0.0407. The van der Waals surface area contributed by atoms with Crippen LogP contribution in [0.3, 0.4) is 0 Å². The smallest absolute Gasteiger partial charge is 0.241 e. The third-order valence-electron chi connectivity index (χ3n) is 4.77. The molecule has 3 atom stereocenters. The molecule has 2 aliphatic heterocycles. The van der Waals surface area contributed by atoms with Crippen LogP contribution in [0.2, 0.25) is 0 Å². The molecule has 2 heterocycles. The highest BCUT2D eigenvalue weighted by Crippen LogP contribution is 2.32. The second kappa shape index (κ2) is 8.26. The van der Waals surface area contributed by atoms with E-state index in [1.807, 2.05) is 27.7 Å². The van der Waals surface area contributed by atoms with Gasteiger partial charge in [-0.25, -0.2) is 8.42 Å². The Labute approximate surface area is 166 Å². The molecule has 0 saturated carbocycles. The van der Waals surface area contributed by atoms with Crippen LogP contribution >= 0.6 is 0 Å². The van der Waals surface area contributed by atoms with E-state index in [4.69, 9.17) is 14.2 Å². The van der Waals surface area contributed by atoms with E-state index in [1.54, 1.807) is 11.0 Å². The van der Waals surface area contributed by atoms with Gasteiger partial charge in [-0.2, -0.15) is 4.72 Å². The number of amides is 1. The van der Waals surface area contributed by atoms with Gasteiger partial charge in [0.2, 0.25) is 15.9 Å². The summed E-state index contributed by atoms with van der Waals surface area (Å²) in [6.07, 6.45) is -0.176. The highest BCUT2D eigenvalue weighted by atomic mass is 32.2. The second-order valence-electron chi connectivity index (χ2n) is 7.65. The molecule has 3 rings (SSSR count). The molecule has 9 heteroatoms. The minimum Gasteiger partial charge on any atom is -0.486 e. The van der Waals surface area contributed by atoms with Crippen LogP contribution in [0, 0.1) is 5.92 Å². The number of morpholine rings is 1. The molecule has 1 saturated heterocycles. The van der Waals surface area contributed by atoms with E-state index in [1.165, 1.54) is 12.1 Å².